The molecule has 0 fully saturated rings. The van der Waals surface area contributed by atoms with Crippen LogP contribution in [0.15, 0.2) is 29.0 Å². The number of carbonyl (C=O) groups is 1. The number of carbonyl (C=O) groups excluding carboxylic acids is 1. The lowest BCUT2D eigenvalue weighted by atomic mass is 10.1. The van der Waals surface area contributed by atoms with E-state index in [0.29, 0.717) is 12.6 Å². The summed E-state index contributed by atoms with van der Waals surface area (Å²) in [4.78, 5) is 23.8. The van der Waals surface area contributed by atoms with Crippen LogP contribution >= 0.6 is 11.3 Å². The first-order chi connectivity index (χ1) is 9.90. The Labute approximate surface area is 123 Å². The van der Waals surface area contributed by atoms with Gasteiger partial charge in [-0.15, -0.1) is 0 Å². The number of anilines is 1. The minimum Gasteiger partial charge on any atom is -0.396 e. The fourth-order valence-electron chi connectivity index (χ4n) is 1.84. The molecule has 0 aliphatic rings. The highest BCUT2D eigenvalue weighted by Gasteiger charge is 2.25. The molecule has 0 spiro atoms. The highest BCUT2D eigenvalue weighted by molar-refractivity contribution is 7.07. The number of rotatable bonds is 4. The van der Waals surface area contributed by atoms with Gasteiger partial charge in [-0.3, -0.25) is 14.9 Å². The number of halogens is 1. The molecule has 1 amide bonds. The molecule has 1 heterocycles. The second kappa shape index (κ2) is 5.88. The van der Waals surface area contributed by atoms with Crippen molar-refractivity contribution in [3.8, 4) is 0 Å². The lowest BCUT2D eigenvalue weighted by Gasteiger charge is -2.16. The van der Waals surface area contributed by atoms with Crippen molar-refractivity contribution in [2.75, 3.05) is 12.8 Å². The van der Waals surface area contributed by atoms with Gasteiger partial charge >= 0.3 is 0 Å². The number of hydrogen-bond donors (Lipinski definition) is 1. The molecule has 0 radical (unpaired) electrons. The second-order valence-corrected chi connectivity index (χ2v) is 5.22. The summed E-state index contributed by atoms with van der Waals surface area (Å²) in [5, 5.41) is 14.7. The minimum absolute atomic E-state index is 0.225. The number of benzene rings is 1. The van der Waals surface area contributed by atoms with Gasteiger partial charge in [-0.1, -0.05) is 0 Å². The molecule has 1 aromatic carbocycles. The van der Waals surface area contributed by atoms with Crippen LogP contribution in [-0.4, -0.2) is 22.8 Å². The van der Waals surface area contributed by atoms with Crippen LogP contribution in [0.3, 0.4) is 0 Å². The maximum atomic E-state index is 13.3. The van der Waals surface area contributed by atoms with Crippen LogP contribution in [0, 0.1) is 15.9 Å². The van der Waals surface area contributed by atoms with E-state index in [1.54, 1.807) is 0 Å². The second-order valence-electron chi connectivity index (χ2n) is 4.44. The summed E-state index contributed by atoms with van der Waals surface area (Å²) in [6.07, 6.45) is 0. The molecular formula is C13H12FN3O3S. The number of nitrogen functional groups attached to an aromatic ring is 1. The molecule has 6 nitrogen and oxygen atoms in total. The van der Waals surface area contributed by atoms with Crippen LogP contribution in [0.2, 0.25) is 0 Å². The molecule has 0 unspecified atom stereocenters. The first-order valence-electron chi connectivity index (χ1n) is 5.90. The number of amides is 1. The minimum atomic E-state index is -0.918. The van der Waals surface area contributed by atoms with E-state index in [0.717, 1.165) is 11.6 Å². The van der Waals surface area contributed by atoms with Crippen LogP contribution in [0.4, 0.5) is 15.8 Å². The van der Waals surface area contributed by atoms with Crippen LogP contribution in [0.1, 0.15) is 15.9 Å². The largest absolute Gasteiger partial charge is 0.396 e. The van der Waals surface area contributed by atoms with E-state index < -0.39 is 22.3 Å². The van der Waals surface area contributed by atoms with Gasteiger partial charge in [0.05, 0.1) is 16.7 Å². The molecule has 1 aromatic heterocycles. The Morgan fingerprint density at radius 2 is 2.24 bits per heavy atom. The summed E-state index contributed by atoms with van der Waals surface area (Å²) in [6, 6.07) is 3.52. The predicted octanol–water partition coefficient (Wildman–Crippen LogP) is 2.65. The molecule has 0 bridgehead atoms. The standard InChI is InChI=1S/C13H12FN3O3S/c1-16(6-8-2-3-21-7-8)13(18)9-4-11(15)10(14)5-12(9)17(19)20/h2-5,7H,6,15H2,1H3. The summed E-state index contributed by atoms with van der Waals surface area (Å²) in [6.45, 7) is 0.302. The number of nitro benzene ring substituents is 1. The highest BCUT2D eigenvalue weighted by Crippen LogP contribution is 2.26. The molecular weight excluding hydrogens is 297 g/mol. The van der Waals surface area contributed by atoms with Crippen molar-refractivity contribution < 1.29 is 14.1 Å². The number of nitrogens with zero attached hydrogens (tertiary/aromatic N) is 2. The van der Waals surface area contributed by atoms with Crippen molar-refractivity contribution in [3.05, 3.63) is 56.0 Å². The third kappa shape index (κ3) is 3.16. The molecule has 8 heteroatoms. The number of thiophene rings is 1. The lowest BCUT2D eigenvalue weighted by Crippen LogP contribution is -2.27. The van der Waals surface area contributed by atoms with Gasteiger partial charge in [-0.05, 0) is 28.5 Å². The van der Waals surface area contributed by atoms with Crippen LogP contribution < -0.4 is 5.73 Å². The molecule has 2 rings (SSSR count). The fourth-order valence-corrected chi connectivity index (χ4v) is 2.50. The van der Waals surface area contributed by atoms with Crippen molar-refractivity contribution in [2.24, 2.45) is 0 Å². The molecule has 0 atom stereocenters. The monoisotopic (exact) mass is 309 g/mol. The molecule has 21 heavy (non-hydrogen) atoms. The number of nitrogens with two attached hydrogens (primary N) is 1. The first kappa shape index (κ1) is 14.9. The normalized spacial score (nSPS) is 10.4. The Hall–Kier alpha value is -2.48. The van der Waals surface area contributed by atoms with Gasteiger partial charge in [0.2, 0.25) is 0 Å². The van der Waals surface area contributed by atoms with Crippen molar-refractivity contribution in [3.63, 3.8) is 0 Å². The van der Waals surface area contributed by atoms with E-state index in [1.807, 2.05) is 16.8 Å². The summed E-state index contributed by atoms with van der Waals surface area (Å²) >= 11 is 1.49. The van der Waals surface area contributed by atoms with Crippen LogP contribution in [0.25, 0.3) is 0 Å². The van der Waals surface area contributed by atoms with E-state index >= 15 is 0 Å². The maximum absolute atomic E-state index is 13.3. The van der Waals surface area contributed by atoms with E-state index in [2.05, 4.69) is 0 Å². The fraction of sp³-hybridized carbons (Fsp3) is 0.154. The first-order valence-corrected chi connectivity index (χ1v) is 6.84. The molecule has 2 aromatic rings. The summed E-state index contributed by atoms with van der Waals surface area (Å²) in [5.74, 6) is -1.50. The molecule has 2 N–H and O–H groups in total. The quantitative estimate of drug-likeness (QED) is 0.534. The third-order valence-corrected chi connectivity index (χ3v) is 3.62. The molecule has 0 aliphatic heterocycles. The van der Waals surface area contributed by atoms with Crippen molar-refractivity contribution in [1.29, 1.82) is 0 Å². The van der Waals surface area contributed by atoms with Gasteiger partial charge in [0.15, 0.2) is 5.82 Å². The van der Waals surface area contributed by atoms with Gasteiger partial charge in [0, 0.05) is 13.6 Å². The van der Waals surface area contributed by atoms with E-state index in [4.69, 9.17) is 5.73 Å². The predicted molar refractivity (Wildman–Crippen MR) is 77.6 cm³/mol. The Balaban J connectivity index is 2.33. The average molecular weight is 309 g/mol. The maximum Gasteiger partial charge on any atom is 0.285 e. The van der Waals surface area contributed by atoms with Gasteiger partial charge in [0.1, 0.15) is 5.56 Å². The van der Waals surface area contributed by atoms with Crippen molar-refractivity contribution in [1.82, 2.24) is 4.90 Å². The SMILES string of the molecule is CN(Cc1ccsc1)C(=O)c1cc(N)c(F)cc1[N+](=O)[O-]. The third-order valence-electron chi connectivity index (χ3n) is 2.89. The Morgan fingerprint density at radius 1 is 1.52 bits per heavy atom. The number of hydrogen-bond acceptors (Lipinski definition) is 5. The van der Waals surface area contributed by atoms with Crippen LogP contribution in [-0.2, 0) is 6.54 Å². The zero-order chi connectivity index (χ0) is 15.6. The summed E-state index contributed by atoms with van der Waals surface area (Å²) < 4.78 is 13.3. The summed E-state index contributed by atoms with van der Waals surface area (Å²) in [7, 11) is 1.52. The Bertz CT molecular complexity index is 688. The Morgan fingerprint density at radius 3 is 2.81 bits per heavy atom. The van der Waals surface area contributed by atoms with E-state index in [9.17, 15) is 19.3 Å². The highest BCUT2D eigenvalue weighted by atomic mass is 32.1. The summed E-state index contributed by atoms with van der Waals surface area (Å²) in [5.41, 5.74) is 5.19. The zero-order valence-electron chi connectivity index (χ0n) is 11.1. The molecule has 0 saturated carbocycles. The molecule has 0 saturated heterocycles. The zero-order valence-corrected chi connectivity index (χ0v) is 11.9. The van der Waals surface area contributed by atoms with Gasteiger partial charge in [0.25, 0.3) is 11.6 Å². The van der Waals surface area contributed by atoms with Crippen molar-refractivity contribution >= 4 is 28.6 Å². The molecule has 0 aliphatic carbocycles. The average Bonchev–Trinajstić information content (AvgIpc) is 2.93. The smallest absolute Gasteiger partial charge is 0.285 e. The Kier molecular flexibility index (Phi) is 4.18. The van der Waals surface area contributed by atoms with Gasteiger partial charge in [-0.2, -0.15) is 11.3 Å². The van der Waals surface area contributed by atoms with Crippen LogP contribution in [0.5, 0.6) is 0 Å². The topological polar surface area (TPSA) is 89.5 Å². The number of nitro groups is 1. The molecule has 110 valence electrons. The van der Waals surface area contributed by atoms with Gasteiger partial charge in [-0.25, -0.2) is 4.39 Å². The van der Waals surface area contributed by atoms with E-state index in [1.165, 1.54) is 23.3 Å². The van der Waals surface area contributed by atoms with Gasteiger partial charge < -0.3 is 10.6 Å². The van der Waals surface area contributed by atoms with E-state index in [-0.39, 0.29) is 11.3 Å². The lowest BCUT2D eigenvalue weighted by molar-refractivity contribution is -0.385. The van der Waals surface area contributed by atoms with Crippen molar-refractivity contribution in [2.45, 2.75) is 6.54 Å².